The Labute approximate surface area is 198 Å². The smallest absolute Gasteiger partial charge is 0.220 e. The highest BCUT2D eigenvalue weighted by molar-refractivity contribution is 7.89. The molecule has 0 amide bonds. The van der Waals surface area contributed by atoms with E-state index in [1.165, 1.54) is 23.6 Å². The molecule has 1 aromatic heterocycles. The van der Waals surface area contributed by atoms with Gasteiger partial charge in [0.05, 0.1) is 19.2 Å². The van der Waals surface area contributed by atoms with Crippen LogP contribution in [0, 0.1) is 0 Å². The second-order valence-corrected chi connectivity index (χ2v) is 10.1. The lowest BCUT2D eigenvalue weighted by Gasteiger charge is -2.28. The van der Waals surface area contributed by atoms with Crippen molar-refractivity contribution in [2.75, 3.05) is 14.2 Å². The summed E-state index contributed by atoms with van der Waals surface area (Å²) in [6, 6.07) is 14.3. The van der Waals surface area contributed by atoms with Crippen LogP contribution in [-0.2, 0) is 23.1 Å². The number of hydrogen-bond acceptors (Lipinski definition) is 7. The lowest BCUT2D eigenvalue weighted by atomic mass is 10.2. The summed E-state index contributed by atoms with van der Waals surface area (Å²) in [5.41, 5.74) is 1.55. The van der Waals surface area contributed by atoms with Gasteiger partial charge in [-0.05, 0) is 42.3 Å². The number of hydrogen-bond donors (Lipinski definition) is 1. The number of ether oxygens (including phenoxy) is 2. The summed E-state index contributed by atoms with van der Waals surface area (Å²) in [7, 11) is -0.845. The Morgan fingerprint density at radius 2 is 1.33 bits per heavy atom. The summed E-state index contributed by atoms with van der Waals surface area (Å²) in [5, 5.41) is 9.82. The summed E-state index contributed by atoms with van der Waals surface area (Å²) < 4.78 is 38.9. The molecular formula is C23H26ClN3O5S. The quantitative estimate of drug-likeness (QED) is 0.462. The lowest BCUT2D eigenvalue weighted by Crippen LogP contribution is -2.40. The van der Waals surface area contributed by atoms with Gasteiger partial charge in [-0.1, -0.05) is 35.9 Å². The highest BCUT2D eigenvalue weighted by Gasteiger charge is 2.36. The monoisotopic (exact) mass is 491 g/mol. The topological polar surface area (TPSA) is 102 Å². The first-order valence-corrected chi connectivity index (χ1v) is 12.0. The van der Waals surface area contributed by atoms with Crippen LogP contribution in [0.1, 0.15) is 30.0 Å². The third kappa shape index (κ3) is 6.20. The average Bonchev–Trinajstić information content (AvgIpc) is 2.84. The predicted octanol–water partition coefficient (Wildman–Crippen LogP) is 3.60. The number of benzene rings is 2. The Morgan fingerprint density at radius 3 is 1.73 bits per heavy atom. The first kappa shape index (κ1) is 24.9. The fourth-order valence-corrected chi connectivity index (χ4v) is 4.86. The van der Waals surface area contributed by atoms with Crippen LogP contribution in [0.3, 0.4) is 0 Å². The molecule has 0 spiro atoms. The van der Waals surface area contributed by atoms with E-state index in [0.29, 0.717) is 16.5 Å². The third-order valence-electron chi connectivity index (χ3n) is 5.22. The van der Waals surface area contributed by atoms with E-state index in [1.54, 1.807) is 62.8 Å². The molecule has 0 aliphatic carbocycles. The predicted molar refractivity (Wildman–Crippen MR) is 126 cm³/mol. The van der Waals surface area contributed by atoms with E-state index >= 15 is 0 Å². The van der Waals surface area contributed by atoms with Crippen molar-refractivity contribution in [3.8, 4) is 11.5 Å². The van der Waals surface area contributed by atoms with Crippen molar-refractivity contribution in [3.63, 3.8) is 0 Å². The molecule has 1 heterocycles. The number of aliphatic hydroxyl groups excluding tert-OH is 1. The molecule has 0 aliphatic rings. The lowest BCUT2D eigenvalue weighted by molar-refractivity contribution is 0.162. The van der Waals surface area contributed by atoms with Gasteiger partial charge in [-0.3, -0.25) is 0 Å². The molecule has 33 heavy (non-hydrogen) atoms. The van der Waals surface area contributed by atoms with Crippen molar-refractivity contribution in [3.05, 3.63) is 82.9 Å². The second-order valence-electron chi connectivity index (χ2n) is 7.42. The largest absolute Gasteiger partial charge is 0.497 e. The van der Waals surface area contributed by atoms with Gasteiger partial charge in [0, 0.05) is 25.5 Å². The zero-order chi connectivity index (χ0) is 24.0. The molecule has 0 saturated heterocycles. The van der Waals surface area contributed by atoms with E-state index in [9.17, 15) is 13.5 Å². The Kier molecular flexibility index (Phi) is 8.25. The third-order valence-corrected chi connectivity index (χ3v) is 7.59. The average molecular weight is 492 g/mol. The van der Waals surface area contributed by atoms with Gasteiger partial charge in [0.1, 0.15) is 22.9 Å². The van der Waals surface area contributed by atoms with E-state index in [0.717, 1.165) is 11.1 Å². The van der Waals surface area contributed by atoms with E-state index in [-0.39, 0.29) is 18.9 Å². The van der Waals surface area contributed by atoms with E-state index in [2.05, 4.69) is 9.97 Å². The van der Waals surface area contributed by atoms with Crippen molar-refractivity contribution in [2.24, 2.45) is 0 Å². The van der Waals surface area contributed by atoms with E-state index in [4.69, 9.17) is 21.1 Å². The highest BCUT2D eigenvalue weighted by Crippen LogP contribution is 2.26. The number of nitrogens with zero attached hydrogens (tertiary/aromatic N) is 3. The summed E-state index contributed by atoms with van der Waals surface area (Å²) in [6.45, 7) is 1.65. The first-order chi connectivity index (χ1) is 15.7. The summed E-state index contributed by atoms with van der Waals surface area (Å²) in [5.74, 6) is 1.34. The van der Waals surface area contributed by atoms with Crippen LogP contribution >= 0.6 is 11.6 Å². The minimum atomic E-state index is -3.98. The number of halogens is 1. The van der Waals surface area contributed by atoms with Crippen LogP contribution in [-0.4, -0.2) is 47.3 Å². The second kappa shape index (κ2) is 10.9. The maximum absolute atomic E-state index is 13.6. The molecule has 10 heteroatoms. The minimum Gasteiger partial charge on any atom is -0.497 e. The minimum absolute atomic E-state index is 0.00989. The molecule has 0 unspecified atom stereocenters. The van der Waals surface area contributed by atoms with Crippen LogP contribution in [0.15, 0.2) is 60.9 Å². The SMILES string of the molecule is COc1ccc(CN(Cc2ccc(OC)cc2)S(=O)(=O)[C@@H](C)[C@@H](O)c2ncc(Cl)cn2)cc1. The van der Waals surface area contributed by atoms with E-state index in [1.807, 2.05) is 0 Å². The van der Waals surface area contributed by atoms with Crippen molar-refractivity contribution in [1.29, 1.82) is 0 Å². The molecule has 0 saturated carbocycles. The molecule has 0 radical (unpaired) electrons. The molecule has 0 bridgehead atoms. The normalized spacial score (nSPS) is 13.5. The molecule has 176 valence electrons. The molecule has 1 N–H and O–H groups in total. The van der Waals surface area contributed by atoms with Crippen molar-refractivity contribution >= 4 is 21.6 Å². The van der Waals surface area contributed by atoms with Crippen molar-refractivity contribution in [2.45, 2.75) is 31.4 Å². The Morgan fingerprint density at radius 1 is 0.909 bits per heavy atom. The highest BCUT2D eigenvalue weighted by atomic mass is 35.5. The number of methoxy groups -OCH3 is 2. The van der Waals surface area contributed by atoms with Crippen molar-refractivity contribution < 1.29 is 23.0 Å². The summed E-state index contributed by atoms with van der Waals surface area (Å²) in [4.78, 5) is 7.95. The van der Waals surface area contributed by atoms with Crippen LogP contribution < -0.4 is 9.47 Å². The van der Waals surface area contributed by atoms with Crippen LogP contribution in [0.2, 0.25) is 5.02 Å². The molecule has 0 aliphatic heterocycles. The molecule has 3 rings (SSSR count). The van der Waals surface area contributed by atoms with Crippen molar-refractivity contribution in [1.82, 2.24) is 14.3 Å². The fraction of sp³-hybridized carbons (Fsp3) is 0.304. The zero-order valence-corrected chi connectivity index (χ0v) is 20.1. The molecule has 8 nitrogen and oxygen atoms in total. The first-order valence-electron chi connectivity index (χ1n) is 10.1. The maximum atomic E-state index is 13.6. The number of sulfonamides is 1. The van der Waals surface area contributed by atoms with Gasteiger partial charge in [-0.25, -0.2) is 18.4 Å². The Bertz CT molecular complexity index is 1090. The van der Waals surface area contributed by atoms with Gasteiger partial charge in [0.25, 0.3) is 0 Å². The number of aromatic nitrogens is 2. The van der Waals surface area contributed by atoms with Gasteiger partial charge in [0.2, 0.25) is 10.0 Å². The van der Waals surface area contributed by atoms with Gasteiger partial charge >= 0.3 is 0 Å². The van der Waals surface area contributed by atoms with Gasteiger partial charge in [-0.15, -0.1) is 0 Å². The maximum Gasteiger partial charge on any atom is 0.220 e. The number of aliphatic hydroxyl groups is 1. The van der Waals surface area contributed by atoms with Gasteiger partial charge < -0.3 is 14.6 Å². The fourth-order valence-electron chi connectivity index (χ4n) is 3.19. The molecule has 2 aromatic carbocycles. The van der Waals surface area contributed by atoms with Crippen LogP contribution in [0.25, 0.3) is 0 Å². The van der Waals surface area contributed by atoms with Crippen LogP contribution in [0.4, 0.5) is 0 Å². The standard InChI is InChI=1S/C23H26ClN3O5S/c1-16(22(28)23-25-12-19(24)13-26-23)33(29,30)27(14-17-4-8-20(31-2)9-5-17)15-18-6-10-21(32-3)11-7-18/h4-13,16,22,28H,14-15H2,1-3H3/t16-,22+/m0/s1. The molecular weight excluding hydrogens is 466 g/mol. The van der Waals surface area contributed by atoms with Crippen LogP contribution in [0.5, 0.6) is 11.5 Å². The summed E-state index contributed by atoms with van der Waals surface area (Å²) in [6.07, 6.45) is 1.21. The molecule has 3 aromatic rings. The molecule has 0 fully saturated rings. The number of rotatable bonds is 10. The Balaban J connectivity index is 1.91. The molecule has 2 atom stereocenters. The summed E-state index contributed by atoms with van der Waals surface area (Å²) >= 11 is 5.81. The van der Waals surface area contributed by atoms with E-state index < -0.39 is 21.4 Å². The Hall–Kier alpha value is -2.72. The van der Waals surface area contributed by atoms with Gasteiger partial charge in [0.15, 0.2) is 5.82 Å². The zero-order valence-electron chi connectivity index (χ0n) is 18.6. The van der Waals surface area contributed by atoms with Gasteiger partial charge in [-0.2, -0.15) is 4.31 Å².